The Labute approximate surface area is 162 Å². The second-order valence-corrected chi connectivity index (χ2v) is 6.92. The van der Waals surface area contributed by atoms with Crippen LogP contribution in [0.3, 0.4) is 0 Å². The number of carbonyl (C=O) groups is 2. The van der Waals surface area contributed by atoms with Crippen molar-refractivity contribution in [1.82, 2.24) is 20.2 Å². The molecule has 0 aliphatic carbocycles. The number of hydrogen-bond acceptors (Lipinski definition) is 5. The summed E-state index contributed by atoms with van der Waals surface area (Å²) in [5.74, 6) is 0.361. The topological polar surface area (TPSA) is 84.4 Å². The number of fused-ring (bicyclic) bond motifs is 1. The number of carbonyl (C=O) groups excluding carboxylic acids is 2. The van der Waals surface area contributed by atoms with Gasteiger partial charge in [0.15, 0.2) is 0 Å². The summed E-state index contributed by atoms with van der Waals surface area (Å²) in [7, 11) is 1.58. The largest absolute Gasteiger partial charge is 0.497 e. The SMILES string of the molecule is COc1ccc([C@@]2(C)NC(=O)N(Cc3nc4ccccc4nc3C)C2=O)cc1. The third-order valence-corrected chi connectivity index (χ3v) is 5.09. The van der Waals surface area contributed by atoms with E-state index in [4.69, 9.17) is 4.74 Å². The number of urea groups is 1. The van der Waals surface area contributed by atoms with E-state index in [0.717, 1.165) is 11.0 Å². The van der Waals surface area contributed by atoms with E-state index in [9.17, 15) is 9.59 Å². The zero-order valence-electron chi connectivity index (χ0n) is 15.9. The molecule has 2 aromatic carbocycles. The van der Waals surface area contributed by atoms with Crippen molar-refractivity contribution in [2.75, 3.05) is 7.11 Å². The molecule has 1 N–H and O–H groups in total. The van der Waals surface area contributed by atoms with Gasteiger partial charge in [0.25, 0.3) is 5.91 Å². The Hall–Kier alpha value is -3.48. The molecule has 0 radical (unpaired) electrons. The normalized spacial score (nSPS) is 19.2. The summed E-state index contributed by atoms with van der Waals surface area (Å²) in [5.41, 5.74) is 2.35. The van der Waals surface area contributed by atoms with Gasteiger partial charge in [-0.05, 0) is 43.7 Å². The highest BCUT2D eigenvalue weighted by Crippen LogP contribution is 2.31. The van der Waals surface area contributed by atoms with Gasteiger partial charge in [-0.15, -0.1) is 0 Å². The number of aromatic nitrogens is 2. The number of imide groups is 1. The van der Waals surface area contributed by atoms with Crippen LogP contribution in [0.25, 0.3) is 11.0 Å². The minimum absolute atomic E-state index is 0.0695. The molecule has 1 atom stereocenters. The maximum atomic E-state index is 13.1. The Kier molecular flexibility index (Phi) is 4.22. The number of benzene rings is 2. The third-order valence-electron chi connectivity index (χ3n) is 5.09. The van der Waals surface area contributed by atoms with E-state index in [2.05, 4.69) is 15.3 Å². The molecule has 7 heteroatoms. The number of para-hydroxylation sites is 2. The van der Waals surface area contributed by atoms with E-state index in [1.807, 2.05) is 31.2 Å². The molecule has 3 aromatic rings. The van der Waals surface area contributed by atoms with Crippen molar-refractivity contribution >= 4 is 23.0 Å². The van der Waals surface area contributed by atoms with Crippen molar-refractivity contribution in [2.24, 2.45) is 0 Å². The van der Waals surface area contributed by atoms with Crippen LogP contribution in [0.15, 0.2) is 48.5 Å². The molecule has 1 fully saturated rings. The van der Waals surface area contributed by atoms with E-state index in [1.54, 1.807) is 38.3 Å². The predicted octanol–water partition coefficient (Wildman–Crippen LogP) is 2.91. The molecule has 0 saturated carbocycles. The van der Waals surface area contributed by atoms with E-state index < -0.39 is 11.6 Å². The fourth-order valence-corrected chi connectivity index (χ4v) is 3.38. The molecule has 142 valence electrons. The minimum atomic E-state index is -1.14. The van der Waals surface area contributed by atoms with Gasteiger partial charge in [-0.25, -0.2) is 14.8 Å². The molecule has 0 unspecified atom stereocenters. The Morgan fingerprint density at radius 2 is 1.68 bits per heavy atom. The van der Waals surface area contributed by atoms with Gasteiger partial charge in [-0.2, -0.15) is 0 Å². The van der Waals surface area contributed by atoms with Crippen LogP contribution in [0.2, 0.25) is 0 Å². The first-order chi connectivity index (χ1) is 13.4. The van der Waals surface area contributed by atoms with Crippen molar-refractivity contribution in [1.29, 1.82) is 0 Å². The van der Waals surface area contributed by atoms with Gasteiger partial charge in [0, 0.05) is 0 Å². The van der Waals surface area contributed by atoms with Gasteiger partial charge in [0.1, 0.15) is 11.3 Å². The van der Waals surface area contributed by atoms with E-state index >= 15 is 0 Å². The number of ether oxygens (including phenoxy) is 1. The van der Waals surface area contributed by atoms with Crippen LogP contribution < -0.4 is 10.1 Å². The molecule has 4 rings (SSSR count). The molecule has 0 bridgehead atoms. The van der Waals surface area contributed by atoms with Crippen molar-refractivity contribution in [3.8, 4) is 5.75 Å². The molecule has 7 nitrogen and oxygen atoms in total. The molecule has 28 heavy (non-hydrogen) atoms. The van der Waals surface area contributed by atoms with Crippen LogP contribution >= 0.6 is 0 Å². The fourth-order valence-electron chi connectivity index (χ4n) is 3.38. The van der Waals surface area contributed by atoms with Crippen LogP contribution in [0.1, 0.15) is 23.9 Å². The number of aryl methyl sites for hydroxylation is 1. The second kappa shape index (κ2) is 6.60. The van der Waals surface area contributed by atoms with Crippen LogP contribution in [0.4, 0.5) is 4.79 Å². The monoisotopic (exact) mass is 376 g/mol. The molecule has 1 aliphatic heterocycles. The highest BCUT2D eigenvalue weighted by atomic mass is 16.5. The third kappa shape index (κ3) is 2.85. The lowest BCUT2D eigenvalue weighted by Crippen LogP contribution is -2.40. The molecular formula is C21H20N4O3. The summed E-state index contributed by atoms with van der Waals surface area (Å²) >= 11 is 0. The average molecular weight is 376 g/mol. The molecular weight excluding hydrogens is 356 g/mol. The predicted molar refractivity (Wildman–Crippen MR) is 104 cm³/mol. The first-order valence-electron chi connectivity index (χ1n) is 8.93. The van der Waals surface area contributed by atoms with Crippen molar-refractivity contribution in [3.05, 3.63) is 65.5 Å². The van der Waals surface area contributed by atoms with E-state index in [1.165, 1.54) is 4.90 Å². The van der Waals surface area contributed by atoms with E-state index in [-0.39, 0.29) is 12.5 Å². The maximum absolute atomic E-state index is 13.1. The maximum Gasteiger partial charge on any atom is 0.325 e. The molecule has 0 spiro atoms. The van der Waals surface area contributed by atoms with Gasteiger partial charge < -0.3 is 10.1 Å². The zero-order valence-corrected chi connectivity index (χ0v) is 15.9. The molecule has 1 aromatic heterocycles. The van der Waals surface area contributed by atoms with Gasteiger partial charge in [-0.1, -0.05) is 24.3 Å². The average Bonchev–Trinajstić information content (AvgIpc) is 2.92. The summed E-state index contributed by atoms with van der Waals surface area (Å²) in [6.45, 7) is 3.60. The Bertz CT molecular complexity index is 1080. The Balaban J connectivity index is 1.65. The Morgan fingerprint density at radius 3 is 2.32 bits per heavy atom. The van der Waals surface area contributed by atoms with Crippen molar-refractivity contribution < 1.29 is 14.3 Å². The second-order valence-electron chi connectivity index (χ2n) is 6.92. The van der Waals surface area contributed by atoms with Crippen LogP contribution in [0, 0.1) is 6.92 Å². The van der Waals surface area contributed by atoms with Crippen molar-refractivity contribution in [2.45, 2.75) is 25.9 Å². The molecule has 3 amide bonds. The standard InChI is InChI=1S/C21H20N4O3/c1-13-18(23-17-7-5-4-6-16(17)22-13)12-25-19(26)21(2,24-20(25)27)14-8-10-15(28-3)11-9-14/h4-11H,12H2,1-3H3,(H,24,27)/t21-/m1/s1. The number of rotatable bonds is 4. The van der Waals surface area contributed by atoms with Crippen LogP contribution in [-0.4, -0.2) is 33.9 Å². The lowest BCUT2D eigenvalue weighted by molar-refractivity contribution is -0.131. The summed E-state index contributed by atoms with van der Waals surface area (Å²) in [6.07, 6.45) is 0. The van der Waals surface area contributed by atoms with E-state index in [0.29, 0.717) is 22.7 Å². The molecule has 2 heterocycles. The summed E-state index contributed by atoms with van der Waals surface area (Å²) in [6, 6.07) is 14.2. The van der Waals surface area contributed by atoms with Gasteiger partial charge in [-0.3, -0.25) is 9.69 Å². The molecule has 1 saturated heterocycles. The van der Waals surface area contributed by atoms with Crippen LogP contribution in [-0.2, 0) is 16.9 Å². The lowest BCUT2D eigenvalue weighted by atomic mass is 9.92. The first kappa shape index (κ1) is 17.9. The number of amides is 3. The number of hydrogen-bond donors (Lipinski definition) is 1. The highest BCUT2D eigenvalue weighted by Gasteiger charge is 2.49. The number of nitrogens with zero attached hydrogens (tertiary/aromatic N) is 3. The lowest BCUT2D eigenvalue weighted by Gasteiger charge is -2.22. The Morgan fingerprint density at radius 1 is 1.04 bits per heavy atom. The fraction of sp³-hybridized carbons (Fsp3) is 0.238. The number of nitrogens with one attached hydrogen (secondary N) is 1. The first-order valence-corrected chi connectivity index (χ1v) is 8.93. The minimum Gasteiger partial charge on any atom is -0.497 e. The molecule has 1 aliphatic rings. The highest BCUT2D eigenvalue weighted by molar-refractivity contribution is 6.07. The van der Waals surface area contributed by atoms with Gasteiger partial charge in [0.2, 0.25) is 0 Å². The van der Waals surface area contributed by atoms with Gasteiger partial charge in [0.05, 0.1) is 36.1 Å². The smallest absolute Gasteiger partial charge is 0.325 e. The summed E-state index contributed by atoms with van der Waals surface area (Å²) in [4.78, 5) is 36.1. The van der Waals surface area contributed by atoms with Crippen LogP contribution in [0.5, 0.6) is 5.75 Å². The number of methoxy groups -OCH3 is 1. The van der Waals surface area contributed by atoms with Gasteiger partial charge >= 0.3 is 6.03 Å². The zero-order chi connectivity index (χ0) is 19.9. The van der Waals surface area contributed by atoms with Crippen molar-refractivity contribution in [3.63, 3.8) is 0 Å². The quantitative estimate of drug-likeness (QED) is 0.708. The summed E-state index contributed by atoms with van der Waals surface area (Å²) < 4.78 is 5.16. The summed E-state index contributed by atoms with van der Waals surface area (Å²) in [5, 5.41) is 2.81.